The highest BCUT2D eigenvalue weighted by molar-refractivity contribution is 7.92. The molecule has 0 radical (unpaired) electrons. The Morgan fingerprint density at radius 3 is 2.30 bits per heavy atom. The Bertz CT molecular complexity index is 1080. The van der Waals surface area contributed by atoms with Crippen LogP contribution in [0.25, 0.3) is 0 Å². The number of nitrogens with zero attached hydrogens (tertiary/aromatic N) is 1. The highest BCUT2D eigenvalue weighted by atomic mass is 32.2. The summed E-state index contributed by atoms with van der Waals surface area (Å²) in [7, 11) is -4.26. The second kappa shape index (κ2) is 8.43. The number of rotatable bonds is 7. The third-order valence-corrected chi connectivity index (χ3v) is 6.12. The van der Waals surface area contributed by atoms with E-state index in [0.29, 0.717) is 0 Å². The topological polar surface area (TPSA) is 59.8 Å². The van der Waals surface area contributed by atoms with Gasteiger partial charge in [-0.1, -0.05) is 30.3 Å². The predicted molar refractivity (Wildman–Crippen MR) is 106 cm³/mol. The summed E-state index contributed by atoms with van der Waals surface area (Å²) in [6.45, 7) is 3.18. The van der Waals surface area contributed by atoms with Gasteiger partial charge in [-0.15, -0.1) is 0 Å². The normalized spacial score (nSPS) is 12.2. The van der Waals surface area contributed by atoms with Crippen LogP contribution >= 0.6 is 0 Å². The first kappa shape index (κ1) is 21.8. The van der Waals surface area contributed by atoms with E-state index in [-0.39, 0.29) is 23.1 Å². The van der Waals surface area contributed by atoms with Gasteiger partial charge in [0.25, 0.3) is 10.0 Å². The molecule has 0 aliphatic heterocycles. The van der Waals surface area contributed by atoms with Gasteiger partial charge in [0, 0.05) is 6.04 Å². The summed E-state index contributed by atoms with van der Waals surface area (Å²) in [5.74, 6) is 0.00989. The molecular formula is C21H20F3NO4S. The van der Waals surface area contributed by atoms with Gasteiger partial charge in [0.15, 0.2) is 0 Å². The molecule has 160 valence electrons. The zero-order valence-electron chi connectivity index (χ0n) is 16.3. The van der Waals surface area contributed by atoms with Crippen LogP contribution < -0.4 is 9.04 Å². The monoisotopic (exact) mass is 439 g/mol. The van der Waals surface area contributed by atoms with Crippen LogP contribution in [0.4, 0.5) is 18.9 Å². The molecule has 2 aromatic carbocycles. The Balaban J connectivity index is 2.10. The molecule has 1 heterocycles. The molecule has 0 saturated carbocycles. The van der Waals surface area contributed by atoms with E-state index < -0.39 is 27.8 Å². The Morgan fingerprint density at radius 2 is 1.73 bits per heavy atom. The molecule has 3 aromatic rings. The molecule has 0 saturated heterocycles. The van der Waals surface area contributed by atoms with E-state index in [1.807, 2.05) is 6.07 Å². The molecule has 0 fully saturated rings. The minimum absolute atomic E-state index is 0.00989. The maximum atomic E-state index is 13.4. The first-order valence-electron chi connectivity index (χ1n) is 9.06. The highest BCUT2D eigenvalue weighted by Gasteiger charge is 2.36. The standard InChI is InChI=1S/C21H20F3NO4S/c1-15(2)25(30(26,27)20-9-6-12-28-20)18-13-17(21(22,23)24)10-11-19(18)29-14-16-7-4-3-5-8-16/h3-13,15H,14H2,1-2H3. The molecule has 0 atom stereocenters. The van der Waals surface area contributed by atoms with E-state index >= 15 is 0 Å². The van der Waals surface area contributed by atoms with Gasteiger partial charge in [-0.3, -0.25) is 4.31 Å². The predicted octanol–water partition coefficient (Wildman–Crippen LogP) is 5.48. The van der Waals surface area contributed by atoms with Crippen LogP contribution in [0.5, 0.6) is 5.75 Å². The summed E-state index contributed by atoms with van der Waals surface area (Å²) in [5.41, 5.74) is -0.412. The van der Waals surface area contributed by atoms with E-state index in [1.54, 1.807) is 38.1 Å². The summed E-state index contributed by atoms with van der Waals surface area (Å²) in [6.07, 6.45) is -3.46. The molecule has 30 heavy (non-hydrogen) atoms. The molecule has 0 aliphatic carbocycles. The molecule has 0 bridgehead atoms. The van der Waals surface area contributed by atoms with Crippen LogP contribution in [-0.2, 0) is 22.8 Å². The third kappa shape index (κ3) is 4.62. The van der Waals surface area contributed by atoms with Crippen molar-refractivity contribution in [2.75, 3.05) is 4.31 Å². The summed E-state index contributed by atoms with van der Waals surface area (Å²) in [5, 5.41) is -0.373. The molecular weight excluding hydrogens is 419 g/mol. The van der Waals surface area contributed by atoms with E-state index in [4.69, 9.17) is 9.15 Å². The zero-order chi connectivity index (χ0) is 21.9. The number of benzene rings is 2. The van der Waals surface area contributed by atoms with Gasteiger partial charge in [-0.25, -0.2) is 0 Å². The van der Waals surface area contributed by atoms with Crippen molar-refractivity contribution in [3.05, 3.63) is 78.1 Å². The Morgan fingerprint density at radius 1 is 1.03 bits per heavy atom. The van der Waals surface area contributed by atoms with Crippen LogP contribution in [0.2, 0.25) is 0 Å². The smallest absolute Gasteiger partial charge is 0.416 e. The number of alkyl halides is 3. The maximum Gasteiger partial charge on any atom is 0.416 e. The van der Waals surface area contributed by atoms with E-state index in [1.165, 1.54) is 18.4 Å². The fraction of sp³-hybridized carbons (Fsp3) is 0.238. The number of hydrogen-bond donors (Lipinski definition) is 0. The fourth-order valence-electron chi connectivity index (χ4n) is 2.92. The minimum Gasteiger partial charge on any atom is -0.487 e. The average molecular weight is 439 g/mol. The third-order valence-electron chi connectivity index (χ3n) is 4.24. The summed E-state index contributed by atoms with van der Waals surface area (Å²) in [4.78, 5) is 0. The number of halogens is 3. The van der Waals surface area contributed by atoms with Gasteiger partial charge in [0.2, 0.25) is 5.09 Å². The van der Waals surface area contributed by atoms with Gasteiger partial charge in [-0.05, 0) is 49.7 Å². The van der Waals surface area contributed by atoms with Gasteiger partial charge in [0.05, 0.1) is 17.5 Å². The van der Waals surface area contributed by atoms with Crippen molar-refractivity contribution in [2.45, 2.75) is 37.8 Å². The lowest BCUT2D eigenvalue weighted by Crippen LogP contribution is -2.37. The van der Waals surface area contributed by atoms with Crippen molar-refractivity contribution in [3.63, 3.8) is 0 Å². The second-order valence-corrected chi connectivity index (χ2v) is 8.53. The number of anilines is 1. The second-order valence-electron chi connectivity index (χ2n) is 6.78. The number of ether oxygens (including phenoxy) is 1. The maximum absolute atomic E-state index is 13.4. The SMILES string of the molecule is CC(C)N(c1cc(C(F)(F)F)ccc1OCc1ccccc1)S(=O)(=O)c1ccco1. The zero-order valence-corrected chi connectivity index (χ0v) is 17.1. The average Bonchev–Trinajstić information content (AvgIpc) is 3.22. The van der Waals surface area contributed by atoms with E-state index in [9.17, 15) is 21.6 Å². The van der Waals surface area contributed by atoms with Crippen LogP contribution in [-0.4, -0.2) is 14.5 Å². The molecule has 0 amide bonds. The van der Waals surface area contributed by atoms with Crippen molar-refractivity contribution < 1.29 is 30.7 Å². The largest absolute Gasteiger partial charge is 0.487 e. The lowest BCUT2D eigenvalue weighted by Gasteiger charge is -2.29. The fourth-order valence-corrected chi connectivity index (χ4v) is 4.49. The number of hydrogen-bond acceptors (Lipinski definition) is 4. The van der Waals surface area contributed by atoms with Gasteiger partial charge < -0.3 is 9.15 Å². The molecule has 9 heteroatoms. The van der Waals surface area contributed by atoms with E-state index in [2.05, 4.69) is 0 Å². The molecule has 0 unspecified atom stereocenters. The molecule has 5 nitrogen and oxygen atoms in total. The van der Waals surface area contributed by atoms with Crippen LogP contribution in [0, 0.1) is 0 Å². The summed E-state index contributed by atoms with van der Waals surface area (Å²) in [6, 6.07) is 13.7. The lowest BCUT2D eigenvalue weighted by molar-refractivity contribution is -0.137. The van der Waals surface area contributed by atoms with Crippen molar-refractivity contribution in [3.8, 4) is 5.75 Å². The first-order chi connectivity index (χ1) is 14.1. The molecule has 3 rings (SSSR count). The van der Waals surface area contributed by atoms with Crippen LogP contribution in [0.3, 0.4) is 0 Å². The van der Waals surface area contributed by atoms with E-state index in [0.717, 1.165) is 28.1 Å². The Hall–Kier alpha value is -2.94. The minimum atomic E-state index is -4.65. The quantitative estimate of drug-likeness (QED) is 0.489. The molecule has 1 aromatic heterocycles. The van der Waals surface area contributed by atoms with Crippen molar-refractivity contribution in [1.29, 1.82) is 0 Å². The lowest BCUT2D eigenvalue weighted by atomic mass is 10.1. The van der Waals surface area contributed by atoms with Gasteiger partial charge in [-0.2, -0.15) is 21.6 Å². The van der Waals surface area contributed by atoms with Gasteiger partial charge in [0.1, 0.15) is 12.4 Å². The molecule has 0 spiro atoms. The first-order valence-corrected chi connectivity index (χ1v) is 10.5. The van der Waals surface area contributed by atoms with Crippen LogP contribution in [0.15, 0.2) is 76.4 Å². The molecule has 0 aliphatic rings. The van der Waals surface area contributed by atoms with Crippen molar-refractivity contribution >= 4 is 15.7 Å². The highest BCUT2D eigenvalue weighted by Crippen LogP contribution is 2.40. The Labute approximate surface area is 172 Å². The van der Waals surface area contributed by atoms with Crippen LogP contribution in [0.1, 0.15) is 25.0 Å². The van der Waals surface area contributed by atoms with Crippen molar-refractivity contribution in [2.24, 2.45) is 0 Å². The Kier molecular flexibility index (Phi) is 6.12. The molecule has 0 N–H and O–H groups in total. The van der Waals surface area contributed by atoms with Crippen molar-refractivity contribution in [1.82, 2.24) is 0 Å². The summed E-state index contributed by atoms with van der Waals surface area (Å²) < 4.78 is 77.9. The number of furan rings is 1. The summed E-state index contributed by atoms with van der Waals surface area (Å²) >= 11 is 0. The number of sulfonamides is 1. The van der Waals surface area contributed by atoms with Gasteiger partial charge >= 0.3 is 6.18 Å².